The van der Waals surface area contributed by atoms with Crippen molar-refractivity contribution in [3.63, 3.8) is 0 Å². The van der Waals surface area contributed by atoms with E-state index in [1.807, 2.05) is 24.3 Å². The maximum absolute atomic E-state index is 12.0. The number of pyridine rings is 1. The molecule has 0 amide bonds. The highest BCUT2D eigenvalue weighted by Gasteiger charge is 2.09. The number of halogens is 2. The SMILES string of the molecule is O=C(Cc1ccccc1Br)c1ccc(Cl)nc1. The van der Waals surface area contributed by atoms with Crippen LogP contribution in [0.1, 0.15) is 15.9 Å². The Morgan fingerprint density at radius 3 is 2.65 bits per heavy atom. The molecule has 0 aliphatic carbocycles. The Labute approximate surface area is 113 Å². The number of benzene rings is 1. The number of hydrogen-bond acceptors (Lipinski definition) is 2. The Bertz CT molecular complexity index is 539. The lowest BCUT2D eigenvalue weighted by Gasteiger charge is -2.03. The zero-order valence-electron chi connectivity index (χ0n) is 8.86. The van der Waals surface area contributed by atoms with Gasteiger partial charge in [0, 0.05) is 22.7 Å². The van der Waals surface area contributed by atoms with Crippen LogP contribution in [-0.2, 0) is 6.42 Å². The van der Waals surface area contributed by atoms with E-state index in [-0.39, 0.29) is 5.78 Å². The largest absolute Gasteiger partial charge is 0.294 e. The van der Waals surface area contributed by atoms with Gasteiger partial charge in [-0.15, -0.1) is 0 Å². The highest BCUT2D eigenvalue weighted by Crippen LogP contribution is 2.18. The Morgan fingerprint density at radius 2 is 2.00 bits per heavy atom. The summed E-state index contributed by atoms with van der Waals surface area (Å²) in [5, 5.41) is 0.391. The summed E-state index contributed by atoms with van der Waals surface area (Å²) in [6, 6.07) is 11.0. The lowest BCUT2D eigenvalue weighted by molar-refractivity contribution is 0.0992. The van der Waals surface area contributed by atoms with Gasteiger partial charge in [0.25, 0.3) is 0 Å². The summed E-state index contributed by atoms with van der Waals surface area (Å²) >= 11 is 9.09. The number of carbonyl (C=O) groups excluding carboxylic acids is 1. The van der Waals surface area contributed by atoms with E-state index in [0.29, 0.717) is 17.1 Å². The van der Waals surface area contributed by atoms with Crippen molar-refractivity contribution in [3.8, 4) is 0 Å². The maximum Gasteiger partial charge on any atom is 0.168 e. The van der Waals surface area contributed by atoms with Crippen molar-refractivity contribution in [3.05, 3.63) is 63.3 Å². The van der Waals surface area contributed by atoms with Crippen LogP contribution in [0.5, 0.6) is 0 Å². The molecule has 1 aromatic carbocycles. The standard InChI is InChI=1S/C13H9BrClNO/c14-11-4-2-1-3-9(11)7-12(17)10-5-6-13(15)16-8-10/h1-6,8H,7H2. The molecule has 86 valence electrons. The minimum absolute atomic E-state index is 0.0288. The molecule has 0 aliphatic heterocycles. The van der Waals surface area contributed by atoms with Crippen molar-refractivity contribution in [1.82, 2.24) is 4.98 Å². The van der Waals surface area contributed by atoms with Gasteiger partial charge in [-0.2, -0.15) is 0 Å². The summed E-state index contributed by atoms with van der Waals surface area (Å²) in [6.45, 7) is 0. The first-order chi connectivity index (χ1) is 8.16. The number of carbonyl (C=O) groups is 1. The third-order valence-corrected chi connectivity index (χ3v) is 3.36. The summed E-state index contributed by atoms with van der Waals surface area (Å²) in [4.78, 5) is 15.9. The average Bonchev–Trinajstić information content (AvgIpc) is 2.33. The lowest BCUT2D eigenvalue weighted by Crippen LogP contribution is -2.04. The van der Waals surface area contributed by atoms with Crippen LogP contribution < -0.4 is 0 Å². The average molecular weight is 311 g/mol. The van der Waals surface area contributed by atoms with Crippen LogP contribution in [-0.4, -0.2) is 10.8 Å². The number of Topliss-reactive ketones (excluding diaryl/α,β-unsaturated/α-hetero) is 1. The van der Waals surface area contributed by atoms with Gasteiger partial charge in [0.05, 0.1) is 0 Å². The number of aromatic nitrogens is 1. The molecule has 1 heterocycles. The molecule has 0 saturated carbocycles. The molecular weight excluding hydrogens is 302 g/mol. The van der Waals surface area contributed by atoms with E-state index in [0.717, 1.165) is 10.0 Å². The Balaban J connectivity index is 2.17. The second-order valence-corrected chi connectivity index (χ2v) is 4.80. The second-order valence-electron chi connectivity index (χ2n) is 3.56. The Kier molecular flexibility index (Phi) is 3.92. The van der Waals surface area contributed by atoms with Crippen LogP contribution in [0.2, 0.25) is 5.15 Å². The van der Waals surface area contributed by atoms with E-state index in [1.165, 1.54) is 6.20 Å². The van der Waals surface area contributed by atoms with Gasteiger partial charge in [-0.3, -0.25) is 4.79 Å². The van der Waals surface area contributed by atoms with E-state index in [9.17, 15) is 4.79 Å². The first-order valence-electron chi connectivity index (χ1n) is 5.05. The molecule has 0 unspecified atom stereocenters. The first kappa shape index (κ1) is 12.3. The fourth-order valence-electron chi connectivity index (χ4n) is 1.46. The number of rotatable bonds is 3. The molecule has 0 atom stereocenters. The van der Waals surface area contributed by atoms with Crippen molar-refractivity contribution >= 4 is 33.3 Å². The van der Waals surface area contributed by atoms with Crippen LogP contribution in [0.4, 0.5) is 0 Å². The van der Waals surface area contributed by atoms with E-state index in [1.54, 1.807) is 12.1 Å². The minimum Gasteiger partial charge on any atom is -0.294 e. The minimum atomic E-state index is 0.0288. The molecule has 0 fully saturated rings. The van der Waals surface area contributed by atoms with Crippen molar-refractivity contribution in [1.29, 1.82) is 0 Å². The third-order valence-electron chi connectivity index (χ3n) is 2.36. The number of ketones is 1. The highest BCUT2D eigenvalue weighted by molar-refractivity contribution is 9.10. The molecule has 4 heteroatoms. The van der Waals surface area contributed by atoms with Gasteiger partial charge in [-0.1, -0.05) is 45.7 Å². The quantitative estimate of drug-likeness (QED) is 0.635. The lowest BCUT2D eigenvalue weighted by atomic mass is 10.0. The molecule has 0 saturated heterocycles. The van der Waals surface area contributed by atoms with E-state index < -0.39 is 0 Å². The molecule has 2 aromatic rings. The number of nitrogens with zero attached hydrogens (tertiary/aromatic N) is 1. The molecule has 0 bridgehead atoms. The molecule has 1 aromatic heterocycles. The monoisotopic (exact) mass is 309 g/mol. The first-order valence-corrected chi connectivity index (χ1v) is 6.22. The van der Waals surface area contributed by atoms with Crippen molar-refractivity contribution in [2.24, 2.45) is 0 Å². The molecule has 0 radical (unpaired) electrons. The normalized spacial score (nSPS) is 10.2. The van der Waals surface area contributed by atoms with Crippen LogP contribution >= 0.6 is 27.5 Å². The molecule has 2 rings (SSSR count). The van der Waals surface area contributed by atoms with E-state index in [2.05, 4.69) is 20.9 Å². The fraction of sp³-hybridized carbons (Fsp3) is 0.0769. The summed E-state index contributed by atoms with van der Waals surface area (Å²) in [7, 11) is 0. The van der Waals surface area contributed by atoms with Crippen LogP contribution in [0.3, 0.4) is 0 Å². The molecule has 2 nitrogen and oxygen atoms in total. The van der Waals surface area contributed by atoms with Crippen LogP contribution in [0, 0.1) is 0 Å². The van der Waals surface area contributed by atoms with Crippen molar-refractivity contribution < 1.29 is 4.79 Å². The Morgan fingerprint density at radius 1 is 1.24 bits per heavy atom. The van der Waals surface area contributed by atoms with Gasteiger partial charge >= 0.3 is 0 Å². The van der Waals surface area contributed by atoms with Crippen molar-refractivity contribution in [2.45, 2.75) is 6.42 Å². The van der Waals surface area contributed by atoms with E-state index >= 15 is 0 Å². The molecule has 0 aliphatic rings. The van der Waals surface area contributed by atoms with Gasteiger partial charge in [0.2, 0.25) is 0 Å². The van der Waals surface area contributed by atoms with Gasteiger partial charge < -0.3 is 0 Å². The van der Waals surface area contributed by atoms with Gasteiger partial charge in [-0.05, 0) is 23.8 Å². The van der Waals surface area contributed by atoms with Gasteiger partial charge in [0.15, 0.2) is 5.78 Å². The fourth-order valence-corrected chi connectivity index (χ4v) is 1.99. The molecular formula is C13H9BrClNO. The van der Waals surface area contributed by atoms with Gasteiger partial charge in [0.1, 0.15) is 5.15 Å². The zero-order valence-corrected chi connectivity index (χ0v) is 11.2. The molecule has 17 heavy (non-hydrogen) atoms. The molecule has 0 spiro atoms. The number of hydrogen-bond donors (Lipinski definition) is 0. The predicted molar refractivity (Wildman–Crippen MR) is 71.4 cm³/mol. The Hall–Kier alpha value is -1.19. The predicted octanol–water partition coefficient (Wildman–Crippen LogP) is 3.92. The summed E-state index contributed by atoms with van der Waals surface area (Å²) < 4.78 is 0.940. The van der Waals surface area contributed by atoms with Crippen LogP contribution in [0.25, 0.3) is 0 Å². The van der Waals surface area contributed by atoms with Crippen molar-refractivity contribution in [2.75, 3.05) is 0 Å². The highest BCUT2D eigenvalue weighted by atomic mass is 79.9. The smallest absolute Gasteiger partial charge is 0.168 e. The molecule has 0 N–H and O–H groups in total. The topological polar surface area (TPSA) is 30.0 Å². The summed E-state index contributed by atoms with van der Waals surface area (Å²) in [5.74, 6) is 0.0288. The van der Waals surface area contributed by atoms with Gasteiger partial charge in [-0.25, -0.2) is 4.98 Å². The second kappa shape index (κ2) is 5.43. The maximum atomic E-state index is 12.0. The van der Waals surface area contributed by atoms with E-state index in [4.69, 9.17) is 11.6 Å². The summed E-state index contributed by atoms with van der Waals surface area (Å²) in [6.07, 6.45) is 1.85. The summed E-state index contributed by atoms with van der Waals surface area (Å²) in [5.41, 5.74) is 1.54. The third kappa shape index (κ3) is 3.14. The zero-order chi connectivity index (χ0) is 12.3. The van der Waals surface area contributed by atoms with Crippen LogP contribution in [0.15, 0.2) is 47.1 Å².